The van der Waals surface area contributed by atoms with Crippen molar-refractivity contribution in [3.8, 4) is 0 Å². The summed E-state index contributed by atoms with van der Waals surface area (Å²) in [7, 11) is 0. The lowest BCUT2D eigenvalue weighted by atomic mass is 9.95. The summed E-state index contributed by atoms with van der Waals surface area (Å²) in [6.07, 6.45) is -0.501. The van der Waals surface area contributed by atoms with E-state index >= 15 is 0 Å². The van der Waals surface area contributed by atoms with Crippen LogP contribution >= 0.6 is 0 Å². The second kappa shape index (κ2) is 3.66. The monoisotopic (exact) mass is 200 g/mol. The van der Waals surface area contributed by atoms with Crippen LogP contribution in [0.3, 0.4) is 0 Å². The van der Waals surface area contributed by atoms with Crippen LogP contribution < -0.4 is 0 Å². The van der Waals surface area contributed by atoms with Gasteiger partial charge in [-0.05, 0) is 0 Å². The van der Waals surface area contributed by atoms with Crippen molar-refractivity contribution in [1.29, 1.82) is 0 Å². The van der Waals surface area contributed by atoms with E-state index in [4.69, 9.17) is 9.84 Å². The number of aromatic amines is 1. The van der Waals surface area contributed by atoms with Crippen molar-refractivity contribution < 1.29 is 20.1 Å². The first kappa shape index (κ1) is 9.60. The van der Waals surface area contributed by atoms with E-state index in [2.05, 4.69) is 9.97 Å². The number of aromatic nitrogens is 2. The molecule has 1 saturated heterocycles. The number of nitrogens with one attached hydrogen (secondary N) is 1. The predicted molar refractivity (Wildman–Crippen MR) is 45.3 cm³/mol. The fourth-order valence-corrected chi connectivity index (χ4v) is 1.53. The Morgan fingerprint density at radius 2 is 2.14 bits per heavy atom. The second-order valence-electron chi connectivity index (χ2n) is 3.29. The van der Waals surface area contributed by atoms with E-state index < -0.39 is 24.4 Å². The highest BCUT2D eigenvalue weighted by Crippen LogP contribution is 2.25. The maximum Gasteiger partial charge on any atom is 0.183 e. The summed E-state index contributed by atoms with van der Waals surface area (Å²) in [5.74, 6) is 0.117. The van der Waals surface area contributed by atoms with Crippen LogP contribution in [0.1, 0.15) is 11.7 Å². The van der Waals surface area contributed by atoms with Crippen molar-refractivity contribution in [3.05, 3.63) is 18.2 Å². The average Bonchev–Trinajstić information content (AvgIpc) is 2.67. The summed E-state index contributed by atoms with van der Waals surface area (Å²) in [6.45, 7) is 0.132. The lowest BCUT2D eigenvalue weighted by molar-refractivity contribution is -0.228. The molecule has 78 valence electrons. The molecule has 4 atom stereocenters. The van der Waals surface area contributed by atoms with Crippen LogP contribution in [-0.2, 0) is 4.74 Å². The lowest BCUT2D eigenvalue weighted by Gasteiger charge is -2.33. The molecular formula is C8H12N2O4. The summed E-state index contributed by atoms with van der Waals surface area (Å²) in [6, 6.07) is 0. The van der Waals surface area contributed by atoms with Gasteiger partial charge in [0.05, 0.1) is 18.6 Å². The Hall–Kier alpha value is -0.950. The Balaban J connectivity index is 2.14. The van der Waals surface area contributed by atoms with E-state index in [9.17, 15) is 10.2 Å². The Labute approximate surface area is 80.2 Å². The minimum Gasteiger partial charge on any atom is -0.389 e. The summed E-state index contributed by atoms with van der Waals surface area (Å²) >= 11 is 0. The third-order valence-corrected chi connectivity index (χ3v) is 2.37. The maximum absolute atomic E-state index is 9.63. The molecule has 0 saturated carbocycles. The van der Waals surface area contributed by atoms with Crippen molar-refractivity contribution in [2.24, 2.45) is 0 Å². The van der Waals surface area contributed by atoms with Crippen LogP contribution in [0, 0.1) is 0 Å². The standard InChI is InChI=1S/C8H12N2O4/c11-5-4(7-9-1-2-10-7)3-14-8(13)6(5)12/h1-2,4-6,8,11-13H,3H2,(H,9,10). The molecule has 1 aromatic rings. The predicted octanol–water partition coefficient (Wildman–Crippen LogP) is -1.44. The van der Waals surface area contributed by atoms with Crippen LogP contribution in [0.4, 0.5) is 0 Å². The van der Waals surface area contributed by atoms with Gasteiger partial charge in [0.15, 0.2) is 6.29 Å². The van der Waals surface area contributed by atoms with E-state index in [1.54, 1.807) is 12.4 Å². The van der Waals surface area contributed by atoms with Crippen LogP contribution in [0.15, 0.2) is 12.4 Å². The zero-order valence-electron chi connectivity index (χ0n) is 7.37. The van der Waals surface area contributed by atoms with Crippen LogP contribution in [0.25, 0.3) is 0 Å². The number of imidazole rings is 1. The van der Waals surface area contributed by atoms with Crippen molar-refractivity contribution >= 4 is 0 Å². The number of hydrogen-bond donors (Lipinski definition) is 4. The van der Waals surface area contributed by atoms with Crippen LogP contribution in [0.5, 0.6) is 0 Å². The first-order chi connectivity index (χ1) is 6.70. The van der Waals surface area contributed by atoms with Gasteiger partial charge in [-0.1, -0.05) is 0 Å². The molecule has 0 aliphatic carbocycles. The molecule has 2 rings (SSSR count). The van der Waals surface area contributed by atoms with Gasteiger partial charge >= 0.3 is 0 Å². The molecule has 0 radical (unpaired) electrons. The highest BCUT2D eigenvalue weighted by molar-refractivity contribution is 5.03. The zero-order valence-corrected chi connectivity index (χ0v) is 7.37. The first-order valence-electron chi connectivity index (χ1n) is 4.35. The molecule has 6 heteroatoms. The number of aliphatic hydroxyl groups excluding tert-OH is 3. The molecule has 1 aliphatic rings. The largest absolute Gasteiger partial charge is 0.389 e. The van der Waals surface area contributed by atoms with Crippen LogP contribution in [-0.4, -0.2) is 50.4 Å². The zero-order chi connectivity index (χ0) is 10.1. The summed E-state index contributed by atoms with van der Waals surface area (Å²) < 4.78 is 4.88. The molecule has 4 N–H and O–H groups in total. The molecule has 1 fully saturated rings. The van der Waals surface area contributed by atoms with E-state index in [0.29, 0.717) is 5.82 Å². The van der Waals surface area contributed by atoms with Gasteiger partial charge in [-0.15, -0.1) is 0 Å². The number of rotatable bonds is 1. The van der Waals surface area contributed by atoms with Gasteiger partial charge < -0.3 is 25.0 Å². The molecule has 0 aromatic carbocycles. The molecular weight excluding hydrogens is 188 g/mol. The van der Waals surface area contributed by atoms with Crippen molar-refractivity contribution in [2.75, 3.05) is 6.61 Å². The third kappa shape index (κ3) is 1.53. The SMILES string of the molecule is OC1OCC(c2ncc[nH]2)C(O)C1O. The summed E-state index contributed by atoms with van der Waals surface area (Å²) in [5, 5.41) is 28.1. The van der Waals surface area contributed by atoms with Crippen LogP contribution in [0.2, 0.25) is 0 Å². The highest BCUT2D eigenvalue weighted by atomic mass is 16.6. The number of aliphatic hydroxyl groups is 3. The smallest absolute Gasteiger partial charge is 0.183 e. The summed E-state index contributed by atoms with van der Waals surface area (Å²) in [5.41, 5.74) is 0. The van der Waals surface area contributed by atoms with Gasteiger partial charge in [0.2, 0.25) is 0 Å². The molecule has 0 spiro atoms. The van der Waals surface area contributed by atoms with Crippen molar-refractivity contribution in [2.45, 2.75) is 24.4 Å². The van der Waals surface area contributed by atoms with E-state index in [1.807, 2.05) is 0 Å². The topological polar surface area (TPSA) is 98.6 Å². The Morgan fingerprint density at radius 1 is 1.36 bits per heavy atom. The molecule has 0 bridgehead atoms. The normalized spacial score (nSPS) is 38.5. The summed E-state index contributed by atoms with van der Waals surface area (Å²) in [4.78, 5) is 6.79. The Morgan fingerprint density at radius 3 is 2.79 bits per heavy atom. The average molecular weight is 200 g/mol. The van der Waals surface area contributed by atoms with E-state index in [0.717, 1.165) is 0 Å². The number of ether oxygens (including phenoxy) is 1. The van der Waals surface area contributed by atoms with Gasteiger partial charge in [0, 0.05) is 12.4 Å². The van der Waals surface area contributed by atoms with Crippen molar-refractivity contribution in [1.82, 2.24) is 9.97 Å². The van der Waals surface area contributed by atoms with Gasteiger partial charge in [-0.25, -0.2) is 4.98 Å². The minimum absolute atomic E-state index is 0.132. The molecule has 2 heterocycles. The quantitative estimate of drug-likeness (QED) is 0.445. The number of nitrogens with zero attached hydrogens (tertiary/aromatic N) is 1. The molecule has 4 unspecified atom stereocenters. The number of hydrogen-bond acceptors (Lipinski definition) is 5. The van der Waals surface area contributed by atoms with Gasteiger partial charge in [0.25, 0.3) is 0 Å². The molecule has 14 heavy (non-hydrogen) atoms. The van der Waals surface area contributed by atoms with Gasteiger partial charge in [0.1, 0.15) is 11.9 Å². The van der Waals surface area contributed by atoms with Crippen molar-refractivity contribution in [3.63, 3.8) is 0 Å². The lowest BCUT2D eigenvalue weighted by Crippen LogP contribution is -2.49. The molecule has 0 amide bonds. The maximum atomic E-state index is 9.63. The fraction of sp³-hybridized carbons (Fsp3) is 0.625. The fourth-order valence-electron chi connectivity index (χ4n) is 1.53. The second-order valence-corrected chi connectivity index (χ2v) is 3.29. The van der Waals surface area contributed by atoms with E-state index in [1.165, 1.54) is 0 Å². The third-order valence-electron chi connectivity index (χ3n) is 2.37. The highest BCUT2D eigenvalue weighted by Gasteiger charge is 2.39. The number of H-pyrrole nitrogens is 1. The van der Waals surface area contributed by atoms with Gasteiger partial charge in [-0.2, -0.15) is 0 Å². The minimum atomic E-state index is -1.32. The van der Waals surface area contributed by atoms with E-state index in [-0.39, 0.29) is 6.61 Å². The molecule has 6 nitrogen and oxygen atoms in total. The Kier molecular flexibility index (Phi) is 2.51. The first-order valence-corrected chi connectivity index (χ1v) is 4.35. The molecule has 1 aliphatic heterocycles. The Bertz CT molecular complexity index is 290. The van der Waals surface area contributed by atoms with Gasteiger partial charge in [-0.3, -0.25) is 0 Å². The molecule has 1 aromatic heterocycles.